The van der Waals surface area contributed by atoms with E-state index in [0.29, 0.717) is 11.7 Å². The Balaban J connectivity index is 1.99. The van der Waals surface area contributed by atoms with Gasteiger partial charge in [0, 0.05) is 6.54 Å². The van der Waals surface area contributed by atoms with Crippen LogP contribution in [0.1, 0.15) is 38.8 Å². The molecule has 0 spiro atoms. The lowest BCUT2D eigenvalue weighted by atomic mass is 10.1. The fourth-order valence-corrected chi connectivity index (χ4v) is 3.08. The van der Waals surface area contributed by atoms with E-state index in [1.54, 1.807) is 19.1 Å². The number of carbonyl (C=O) groups is 1. The zero-order chi connectivity index (χ0) is 17.7. The van der Waals surface area contributed by atoms with Gasteiger partial charge >= 0.3 is 5.69 Å². The molecule has 2 aromatic rings. The Morgan fingerprint density at radius 2 is 2.04 bits per heavy atom. The van der Waals surface area contributed by atoms with Crippen molar-refractivity contribution in [2.45, 2.75) is 50.2 Å². The zero-order valence-corrected chi connectivity index (χ0v) is 14.7. The minimum Gasteiger partial charge on any atom is -0.349 e. The van der Waals surface area contributed by atoms with Crippen molar-refractivity contribution in [1.29, 1.82) is 0 Å². The summed E-state index contributed by atoms with van der Waals surface area (Å²) in [5.41, 5.74) is 0.552. The first-order chi connectivity index (χ1) is 11.4. The number of thioether (sulfide) groups is 1. The maximum atomic E-state index is 13.0. The number of nitrogens with one attached hydrogen (secondary N) is 2. The number of rotatable bonds is 7. The van der Waals surface area contributed by atoms with Crippen LogP contribution in [0.15, 0.2) is 34.2 Å². The van der Waals surface area contributed by atoms with Gasteiger partial charge < -0.3 is 5.32 Å². The molecule has 2 atom stereocenters. The quantitative estimate of drug-likeness (QED) is 0.750. The van der Waals surface area contributed by atoms with Gasteiger partial charge in [0.2, 0.25) is 5.91 Å². The third kappa shape index (κ3) is 4.47. The molecule has 2 rings (SSSR count). The molecule has 0 radical (unpaired) electrons. The highest BCUT2D eigenvalue weighted by Crippen LogP contribution is 2.21. The number of hydrogen-bond donors (Lipinski definition) is 2. The summed E-state index contributed by atoms with van der Waals surface area (Å²) in [5.74, 6) is -0.482. The van der Waals surface area contributed by atoms with Crippen molar-refractivity contribution >= 4 is 17.7 Å². The normalized spacial score (nSPS) is 13.5. The molecule has 0 aliphatic rings. The van der Waals surface area contributed by atoms with Gasteiger partial charge in [-0.2, -0.15) is 0 Å². The van der Waals surface area contributed by atoms with E-state index in [9.17, 15) is 14.0 Å². The highest BCUT2D eigenvalue weighted by molar-refractivity contribution is 8.00. The van der Waals surface area contributed by atoms with E-state index in [1.165, 1.54) is 28.5 Å². The molecule has 0 unspecified atom stereocenters. The van der Waals surface area contributed by atoms with Crippen molar-refractivity contribution in [2.24, 2.45) is 0 Å². The van der Waals surface area contributed by atoms with Gasteiger partial charge in [0.05, 0.1) is 11.3 Å². The molecule has 0 aliphatic carbocycles. The Morgan fingerprint density at radius 1 is 1.38 bits per heavy atom. The van der Waals surface area contributed by atoms with Gasteiger partial charge in [-0.15, -0.1) is 5.10 Å². The minimum atomic E-state index is -0.418. The lowest BCUT2D eigenvalue weighted by molar-refractivity contribution is -0.120. The highest BCUT2D eigenvalue weighted by atomic mass is 32.2. The number of aromatic nitrogens is 3. The van der Waals surface area contributed by atoms with Gasteiger partial charge in [0.15, 0.2) is 5.16 Å². The van der Waals surface area contributed by atoms with Crippen molar-refractivity contribution in [3.8, 4) is 0 Å². The maximum Gasteiger partial charge on any atom is 0.343 e. The number of nitrogens with zero attached hydrogens (tertiary/aromatic N) is 2. The second-order valence-corrected chi connectivity index (χ2v) is 6.81. The summed E-state index contributed by atoms with van der Waals surface area (Å²) in [5, 5.41) is 9.35. The van der Waals surface area contributed by atoms with Crippen LogP contribution in [0.25, 0.3) is 0 Å². The molecule has 8 heteroatoms. The third-order valence-corrected chi connectivity index (χ3v) is 4.64. The van der Waals surface area contributed by atoms with E-state index in [2.05, 4.69) is 15.5 Å². The molecule has 1 amide bonds. The Labute approximate surface area is 143 Å². The van der Waals surface area contributed by atoms with Crippen LogP contribution in [-0.4, -0.2) is 25.9 Å². The van der Waals surface area contributed by atoms with Crippen LogP contribution >= 0.6 is 11.8 Å². The molecule has 1 aromatic heterocycles. The summed E-state index contributed by atoms with van der Waals surface area (Å²) >= 11 is 1.23. The van der Waals surface area contributed by atoms with Crippen molar-refractivity contribution < 1.29 is 9.18 Å². The number of hydrogen-bond acceptors (Lipinski definition) is 4. The average molecular weight is 352 g/mol. The van der Waals surface area contributed by atoms with Crippen LogP contribution in [0.3, 0.4) is 0 Å². The smallest absolute Gasteiger partial charge is 0.343 e. The second kappa shape index (κ2) is 8.14. The molecule has 0 aliphatic heterocycles. The van der Waals surface area contributed by atoms with Gasteiger partial charge in [-0.05, 0) is 38.0 Å². The predicted octanol–water partition coefficient (Wildman–Crippen LogP) is 2.48. The number of aromatic amines is 1. The zero-order valence-electron chi connectivity index (χ0n) is 13.9. The van der Waals surface area contributed by atoms with Crippen molar-refractivity contribution in [3.63, 3.8) is 0 Å². The molecule has 130 valence electrons. The summed E-state index contributed by atoms with van der Waals surface area (Å²) in [6, 6.07) is 5.78. The monoisotopic (exact) mass is 352 g/mol. The van der Waals surface area contributed by atoms with Crippen LogP contribution in [0.5, 0.6) is 0 Å². The van der Waals surface area contributed by atoms with E-state index in [-0.39, 0.29) is 23.5 Å². The van der Waals surface area contributed by atoms with E-state index in [1.807, 2.05) is 13.8 Å². The number of H-pyrrole nitrogens is 1. The van der Waals surface area contributed by atoms with Gasteiger partial charge in [-0.1, -0.05) is 30.8 Å². The first-order valence-electron chi connectivity index (χ1n) is 7.80. The fraction of sp³-hybridized carbons (Fsp3) is 0.438. The summed E-state index contributed by atoms with van der Waals surface area (Å²) in [7, 11) is 0. The fourth-order valence-electron chi connectivity index (χ4n) is 2.19. The average Bonchev–Trinajstić information content (AvgIpc) is 2.89. The van der Waals surface area contributed by atoms with Crippen LogP contribution in [0, 0.1) is 5.82 Å². The largest absolute Gasteiger partial charge is 0.349 e. The lowest BCUT2D eigenvalue weighted by Crippen LogP contribution is -2.33. The molecule has 0 saturated carbocycles. The molecule has 1 aromatic carbocycles. The van der Waals surface area contributed by atoms with Gasteiger partial charge in [0.1, 0.15) is 5.82 Å². The molecule has 0 saturated heterocycles. The first-order valence-corrected chi connectivity index (χ1v) is 8.68. The molecule has 0 fully saturated rings. The third-order valence-electron chi connectivity index (χ3n) is 3.55. The molecular formula is C16H21FN4O2S. The molecule has 24 heavy (non-hydrogen) atoms. The summed E-state index contributed by atoms with van der Waals surface area (Å²) in [6.45, 7) is 6.11. The summed E-state index contributed by atoms with van der Waals surface area (Å²) in [6.07, 6.45) is 0.801. The van der Waals surface area contributed by atoms with Crippen LogP contribution in [0.4, 0.5) is 4.39 Å². The molecule has 2 N–H and O–H groups in total. The Hall–Kier alpha value is -2.09. The predicted molar refractivity (Wildman–Crippen MR) is 91.4 cm³/mol. The van der Waals surface area contributed by atoms with E-state index in [4.69, 9.17) is 0 Å². The SMILES string of the molecule is CCCn1c(S[C@@H](C)C(=O)N[C@H](C)c2ccc(F)cc2)n[nH]c1=O. The standard InChI is InChI=1S/C16H21FN4O2S/c1-4-9-21-15(23)19-20-16(21)24-11(3)14(22)18-10(2)12-5-7-13(17)8-6-12/h5-8,10-11H,4,9H2,1-3H3,(H,18,22)(H,19,23)/t10-,11+/m1/s1. The summed E-state index contributed by atoms with van der Waals surface area (Å²) in [4.78, 5) is 24.0. The molecular weight excluding hydrogens is 331 g/mol. The second-order valence-electron chi connectivity index (χ2n) is 5.50. The highest BCUT2D eigenvalue weighted by Gasteiger charge is 2.20. The molecule has 1 heterocycles. The lowest BCUT2D eigenvalue weighted by Gasteiger charge is -2.17. The molecule has 0 bridgehead atoms. The van der Waals surface area contributed by atoms with Crippen molar-refractivity contribution in [3.05, 3.63) is 46.1 Å². The van der Waals surface area contributed by atoms with Crippen molar-refractivity contribution in [1.82, 2.24) is 20.1 Å². The van der Waals surface area contributed by atoms with E-state index in [0.717, 1.165) is 12.0 Å². The Kier molecular flexibility index (Phi) is 6.19. The van der Waals surface area contributed by atoms with E-state index >= 15 is 0 Å². The van der Waals surface area contributed by atoms with Crippen LogP contribution in [0.2, 0.25) is 0 Å². The summed E-state index contributed by atoms with van der Waals surface area (Å²) < 4.78 is 14.5. The number of carbonyl (C=O) groups excluding carboxylic acids is 1. The number of amides is 1. The van der Waals surface area contributed by atoms with Gasteiger partial charge in [-0.3, -0.25) is 9.36 Å². The topological polar surface area (TPSA) is 79.8 Å². The van der Waals surface area contributed by atoms with Crippen LogP contribution < -0.4 is 11.0 Å². The molecule has 6 nitrogen and oxygen atoms in total. The minimum absolute atomic E-state index is 0.171. The van der Waals surface area contributed by atoms with Gasteiger partial charge in [0.25, 0.3) is 0 Å². The van der Waals surface area contributed by atoms with E-state index < -0.39 is 5.25 Å². The van der Waals surface area contributed by atoms with Crippen LogP contribution in [-0.2, 0) is 11.3 Å². The maximum absolute atomic E-state index is 13.0. The first kappa shape index (κ1) is 18.3. The van der Waals surface area contributed by atoms with Crippen molar-refractivity contribution in [2.75, 3.05) is 0 Å². The number of benzene rings is 1. The van der Waals surface area contributed by atoms with Gasteiger partial charge in [-0.25, -0.2) is 14.3 Å². The Bertz CT molecular complexity index is 741. The number of halogens is 1. The Morgan fingerprint density at radius 3 is 2.67 bits per heavy atom.